The summed E-state index contributed by atoms with van der Waals surface area (Å²) >= 11 is 0. The monoisotopic (exact) mass is 248 g/mol. The predicted molar refractivity (Wildman–Crippen MR) is 69.9 cm³/mol. The third kappa shape index (κ3) is 5.71. The molecule has 0 radical (unpaired) electrons. The van der Waals surface area contributed by atoms with Gasteiger partial charge in [-0.2, -0.15) is 0 Å². The van der Waals surface area contributed by atoms with Gasteiger partial charge in [0.15, 0.2) is 0 Å². The molecular formula is C12H25ClN2O. The molecule has 2 N–H and O–H groups in total. The molecule has 1 amide bonds. The summed E-state index contributed by atoms with van der Waals surface area (Å²) in [6, 6.07) is 0. The minimum atomic E-state index is 0. The molecule has 1 unspecified atom stereocenters. The molecule has 0 aromatic heterocycles. The first-order valence-corrected chi connectivity index (χ1v) is 6.16. The molecule has 1 aliphatic rings. The van der Waals surface area contributed by atoms with E-state index in [1.165, 1.54) is 25.7 Å². The van der Waals surface area contributed by atoms with Crippen molar-refractivity contribution in [1.29, 1.82) is 0 Å². The molecule has 3 nitrogen and oxygen atoms in total. The lowest BCUT2D eigenvalue weighted by molar-refractivity contribution is -0.124. The van der Waals surface area contributed by atoms with Crippen LogP contribution in [-0.2, 0) is 4.79 Å². The maximum Gasteiger partial charge on any atom is 0.222 e. The molecule has 0 aliphatic heterocycles. The van der Waals surface area contributed by atoms with Crippen LogP contribution in [-0.4, -0.2) is 26.0 Å². The number of halogens is 1. The molecular weight excluding hydrogens is 224 g/mol. The molecule has 0 saturated heterocycles. The first-order chi connectivity index (χ1) is 7.24. The maximum absolute atomic E-state index is 11.7. The van der Waals surface area contributed by atoms with Gasteiger partial charge < -0.3 is 10.6 Å². The molecule has 0 heterocycles. The first-order valence-electron chi connectivity index (χ1n) is 6.16. The highest BCUT2D eigenvalue weighted by Crippen LogP contribution is 2.30. The van der Waals surface area contributed by atoms with Crippen molar-refractivity contribution in [3.8, 4) is 0 Å². The Labute approximate surface area is 105 Å². The number of carbonyl (C=O) groups is 1. The Morgan fingerprint density at radius 2 is 1.94 bits per heavy atom. The molecule has 1 fully saturated rings. The van der Waals surface area contributed by atoms with Crippen LogP contribution < -0.4 is 10.6 Å². The molecule has 0 bridgehead atoms. The summed E-state index contributed by atoms with van der Waals surface area (Å²) in [4.78, 5) is 11.7. The molecule has 96 valence electrons. The second-order valence-corrected chi connectivity index (χ2v) is 4.68. The largest absolute Gasteiger partial charge is 0.355 e. The van der Waals surface area contributed by atoms with Crippen LogP contribution in [0.1, 0.15) is 39.0 Å². The Morgan fingerprint density at radius 1 is 1.31 bits per heavy atom. The Balaban J connectivity index is 0.00000225. The van der Waals surface area contributed by atoms with Gasteiger partial charge in [-0.05, 0) is 19.4 Å². The van der Waals surface area contributed by atoms with Crippen LogP contribution in [0.15, 0.2) is 0 Å². The van der Waals surface area contributed by atoms with E-state index >= 15 is 0 Å². The van der Waals surface area contributed by atoms with Crippen molar-refractivity contribution in [3.63, 3.8) is 0 Å². The minimum absolute atomic E-state index is 0. The standard InChI is InChI=1S/C12H24N2O.ClH/c1-10(9-11-5-3-4-6-11)12(15)14-8-7-13-2;/h10-11,13H,3-9H2,1-2H3,(H,14,15);1H. The van der Waals surface area contributed by atoms with E-state index in [4.69, 9.17) is 0 Å². The van der Waals surface area contributed by atoms with Crippen molar-refractivity contribution in [2.75, 3.05) is 20.1 Å². The van der Waals surface area contributed by atoms with Crippen LogP contribution in [0, 0.1) is 11.8 Å². The molecule has 1 saturated carbocycles. The van der Waals surface area contributed by atoms with E-state index in [0.717, 1.165) is 25.4 Å². The number of nitrogens with one attached hydrogen (secondary N) is 2. The summed E-state index contributed by atoms with van der Waals surface area (Å²) < 4.78 is 0. The highest BCUT2D eigenvalue weighted by atomic mass is 35.5. The van der Waals surface area contributed by atoms with Crippen molar-refractivity contribution in [3.05, 3.63) is 0 Å². The van der Waals surface area contributed by atoms with Gasteiger partial charge in [-0.3, -0.25) is 4.79 Å². The molecule has 0 aromatic rings. The lowest BCUT2D eigenvalue weighted by Gasteiger charge is -2.15. The van der Waals surface area contributed by atoms with Crippen molar-refractivity contribution >= 4 is 18.3 Å². The number of rotatable bonds is 6. The fraction of sp³-hybridized carbons (Fsp3) is 0.917. The second-order valence-electron chi connectivity index (χ2n) is 4.68. The molecule has 0 spiro atoms. The SMILES string of the molecule is CNCCNC(=O)C(C)CC1CCCC1.Cl. The predicted octanol–water partition coefficient (Wildman–Crippen LogP) is 1.96. The van der Waals surface area contributed by atoms with Gasteiger partial charge in [-0.15, -0.1) is 12.4 Å². The van der Waals surface area contributed by atoms with E-state index in [2.05, 4.69) is 10.6 Å². The number of likely N-dealkylation sites (N-methyl/N-ethyl adjacent to an activating group) is 1. The number of hydrogen-bond donors (Lipinski definition) is 2. The fourth-order valence-corrected chi connectivity index (χ4v) is 2.34. The van der Waals surface area contributed by atoms with Crippen molar-refractivity contribution in [2.45, 2.75) is 39.0 Å². The number of carbonyl (C=O) groups excluding carboxylic acids is 1. The quantitative estimate of drug-likeness (QED) is 0.706. The van der Waals surface area contributed by atoms with Crippen LogP contribution in [0.3, 0.4) is 0 Å². The topological polar surface area (TPSA) is 41.1 Å². The van der Waals surface area contributed by atoms with Gasteiger partial charge in [0.1, 0.15) is 0 Å². The average molecular weight is 249 g/mol. The van der Waals surface area contributed by atoms with Crippen LogP contribution in [0.4, 0.5) is 0 Å². The zero-order valence-corrected chi connectivity index (χ0v) is 11.2. The molecule has 1 aliphatic carbocycles. The van der Waals surface area contributed by atoms with E-state index in [9.17, 15) is 4.79 Å². The highest BCUT2D eigenvalue weighted by Gasteiger charge is 2.21. The third-order valence-corrected chi connectivity index (χ3v) is 3.28. The second kappa shape index (κ2) is 8.82. The van der Waals surface area contributed by atoms with E-state index in [1.54, 1.807) is 0 Å². The van der Waals surface area contributed by atoms with Crippen LogP contribution in [0.25, 0.3) is 0 Å². The minimum Gasteiger partial charge on any atom is -0.355 e. The van der Waals surface area contributed by atoms with Gasteiger partial charge in [0, 0.05) is 19.0 Å². The van der Waals surface area contributed by atoms with E-state index in [0.29, 0.717) is 0 Å². The molecule has 4 heteroatoms. The van der Waals surface area contributed by atoms with Crippen LogP contribution >= 0.6 is 12.4 Å². The highest BCUT2D eigenvalue weighted by molar-refractivity contribution is 5.85. The number of amides is 1. The first kappa shape index (κ1) is 15.7. The van der Waals surface area contributed by atoms with Gasteiger partial charge in [-0.1, -0.05) is 32.6 Å². The van der Waals surface area contributed by atoms with Crippen molar-refractivity contribution in [1.82, 2.24) is 10.6 Å². The molecule has 1 rings (SSSR count). The van der Waals surface area contributed by atoms with E-state index in [1.807, 2.05) is 14.0 Å². The van der Waals surface area contributed by atoms with E-state index < -0.39 is 0 Å². The molecule has 0 aromatic carbocycles. The Hall–Kier alpha value is -0.280. The van der Waals surface area contributed by atoms with Crippen LogP contribution in [0.5, 0.6) is 0 Å². The summed E-state index contributed by atoms with van der Waals surface area (Å²) in [7, 11) is 1.90. The normalized spacial score (nSPS) is 17.9. The molecule has 16 heavy (non-hydrogen) atoms. The Bertz CT molecular complexity index is 193. The van der Waals surface area contributed by atoms with Crippen molar-refractivity contribution < 1.29 is 4.79 Å². The number of hydrogen-bond acceptors (Lipinski definition) is 2. The lowest BCUT2D eigenvalue weighted by Crippen LogP contribution is -2.34. The van der Waals surface area contributed by atoms with Gasteiger partial charge in [0.2, 0.25) is 5.91 Å². The Morgan fingerprint density at radius 3 is 2.50 bits per heavy atom. The summed E-state index contributed by atoms with van der Waals surface area (Å²) in [5.41, 5.74) is 0. The Kier molecular flexibility index (Phi) is 8.67. The smallest absolute Gasteiger partial charge is 0.222 e. The van der Waals surface area contributed by atoms with Gasteiger partial charge >= 0.3 is 0 Å². The summed E-state index contributed by atoms with van der Waals surface area (Å²) in [6.45, 7) is 3.64. The summed E-state index contributed by atoms with van der Waals surface area (Å²) in [6.07, 6.45) is 6.45. The third-order valence-electron chi connectivity index (χ3n) is 3.28. The summed E-state index contributed by atoms with van der Waals surface area (Å²) in [5, 5.41) is 5.98. The fourth-order valence-electron chi connectivity index (χ4n) is 2.34. The van der Waals surface area contributed by atoms with Crippen LogP contribution in [0.2, 0.25) is 0 Å². The van der Waals surface area contributed by atoms with Crippen molar-refractivity contribution in [2.24, 2.45) is 11.8 Å². The summed E-state index contributed by atoms with van der Waals surface area (Å²) in [5.74, 6) is 1.21. The zero-order chi connectivity index (χ0) is 11.1. The van der Waals surface area contributed by atoms with E-state index in [-0.39, 0.29) is 24.2 Å². The van der Waals surface area contributed by atoms with Gasteiger partial charge in [-0.25, -0.2) is 0 Å². The van der Waals surface area contributed by atoms with Gasteiger partial charge in [0.05, 0.1) is 0 Å². The molecule has 1 atom stereocenters. The zero-order valence-electron chi connectivity index (χ0n) is 10.4. The lowest BCUT2D eigenvalue weighted by atomic mass is 9.94. The maximum atomic E-state index is 11.7. The average Bonchev–Trinajstić information content (AvgIpc) is 2.70. The van der Waals surface area contributed by atoms with Gasteiger partial charge in [0.25, 0.3) is 0 Å².